The number of carbonyl (C=O) groups excluding carboxylic acids is 1. The third-order valence-electron chi connectivity index (χ3n) is 6.29. The van der Waals surface area contributed by atoms with Crippen LogP contribution in [0.15, 0.2) is 23.8 Å². The number of aliphatic hydroxyl groups excluding tert-OH is 3. The van der Waals surface area contributed by atoms with Crippen LogP contribution in [-0.2, 0) is 19.1 Å². The maximum absolute atomic E-state index is 12.0. The van der Waals surface area contributed by atoms with Crippen molar-refractivity contribution in [1.29, 1.82) is 0 Å². The number of carboxylic acid groups (broad SMARTS) is 1. The molecule has 0 amide bonds. The summed E-state index contributed by atoms with van der Waals surface area (Å²) < 4.78 is 11.0. The van der Waals surface area contributed by atoms with E-state index in [1.165, 1.54) is 6.08 Å². The number of carbonyl (C=O) groups is 2. The van der Waals surface area contributed by atoms with Gasteiger partial charge in [0.1, 0.15) is 6.10 Å². The largest absolute Gasteiger partial charge is 0.481 e. The van der Waals surface area contributed by atoms with Gasteiger partial charge in [-0.2, -0.15) is 0 Å². The van der Waals surface area contributed by atoms with E-state index in [0.29, 0.717) is 38.0 Å². The number of hydrogen-bond donors (Lipinski definition) is 4. The van der Waals surface area contributed by atoms with E-state index in [1.54, 1.807) is 13.8 Å². The smallest absolute Gasteiger partial charge is 0.330 e. The summed E-state index contributed by atoms with van der Waals surface area (Å²) in [4.78, 5) is 22.5. The van der Waals surface area contributed by atoms with Crippen LogP contribution in [0, 0.1) is 11.8 Å². The van der Waals surface area contributed by atoms with Gasteiger partial charge in [-0.3, -0.25) is 4.79 Å². The zero-order chi connectivity index (χ0) is 25.5. The van der Waals surface area contributed by atoms with Crippen LogP contribution in [0.2, 0.25) is 0 Å². The number of aliphatic hydroxyl groups is 3. The number of allylic oxidation sites excluding steroid dienone is 1. The molecule has 8 heteroatoms. The van der Waals surface area contributed by atoms with Crippen LogP contribution >= 0.6 is 0 Å². The molecule has 8 nitrogen and oxygen atoms in total. The highest BCUT2D eigenvalue weighted by molar-refractivity contribution is 5.82. The lowest BCUT2D eigenvalue weighted by molar-refractivity contribution is -0.162. The van der Waals surface area contributed by atoms with Gasteiger partial charge in [-0.15, -0.1) is 0 Å². The minimum Gasteiger partial charge on any atom is -0.481 e. The van der Waals surface area contributed by atoms with E-state index < -0.39 is 36.4 Å². The number of ether oxygens (including phenoxy) is 2. The molecular weight excluding hydrogens is 440 g/mol. The molecule has 196 valence electrons. The molecule has 1 fully saturated rings. The Morgan fingerprint density at radius 1 is 1.06 bits per heavy atom. The van der Waals surface area contributed by atoms with E-state index in [0.717, 1.165) is 32.1 Å². The second-order valence-electron chi connectivity index (χ2n) is 9.50. The predicted molar refractivity (Wildman–Crippen MR) is 129 cm³/mol. The van der Waals surface area contributed by atoms with Gasteiger partial charge in [0.25, 0.3) is 0 Å². The summed E-state index contributed by atoms with van der Waals surface area (Å²) in [5.41, 5.74) is 0.712. The van der Waals surface area contributed by atoms with Crippen LogP contribution < -0.4 is 0 Å². The Morgan fingerprint density at radius 3 is 2.35 bits per heavy atom. The zero-order valence-electron chi connectivity index (χ0n) is 20.9. The first kappa shape index (κ1) is 30.3. The Labute approximate surface area is 203 Å². The summed E-state index contributed by atoms with van der Waals surface area (Å²) in [7, 11) is 0. The fourth-order valence-electron chi connectivity index (χ4n) is 3.84. The monoisotopic (exact) mass is 484 g/mol. The first-order valence-corrected chi connectivity index (χ1v) is 12.5. The summed E-state index contributed by atoms with van der Waals surface area (Å²) in [6.45, 7) is 6.05. The highest BCUT2D eigenvalue weighted by Crippen LogP contribution is 2.27. The number of rotatable bonds is 16. The second-order valence-corrected chi connectivity index (χ2v) is 9.50. The first-order chi connectivity index (χ1) is 16.1. The molecule has 0 aromatic rings. The fourth-order valence-corrected chi connectivity index (χ4v) is 3.84. The van der Waals surface area contributed by atoms with Crippen LogP contribution in [0.1, 0.15) is 78.6 Å². The summed E-state index contributed by atoms with van der Waals surface area (Å²) >= 11 is 0. The molecule has 6 unspecified atom stereocenters. The van der Waals surface area contributed by atoms with Crippen molar-refractivity contribution in [1.82, 2.24) is 0 Å². The molecular formula is C26H44O8. The van der Waals surface area contributed by atoms with Gasteiger partial charge in [0.05, 0.1) is 31.5 Å². The fraction of sp³-hybridized carbons (Fsp3) is 0.769. The zero-order valence-corrected chi connectivity index (χ0v) is 20.9. The minimum absolute atomic E-state index is 0.0160. The normalized spacial score (nSPS) is 25.3. The standard InChI is InChI=1S/C26H44O8/c1-18(16-24(30)33-14-9-7-5-4-6-8-13-23(28)29)15-22-26(32)25(31)21(17-34-22)12-10-11-19(2)20(3)27/h10-11,16,19-22,25-27,31-32H,4-9,12-15,17H2,1-3H3,(H,28,29). The molecule has 4 N–H and O–H groups in total. The van der Waals surface area contributed by atoms with Gasteiger partial charge < -0.3 is 29.9 Å². The topological polar surface area (TPSA) is 134 Å². The molecule has 1 rings (SSSR count). The van der Waals surface area contributed by atoms with E-state index in [4.69, 9.17) is 14.6 Å². The molecule has 1 aliphatic rings. The highest BCUT2D eigenvalue weighted by atomic mass is 16.5. The van der Waals surface area contributed by atoms with Crippen molar-refractivity contribution in [3.05, 3.63) is 23.8 Å². The Balaban J connectivity index is 2.28. The lowest BCUT2D eigenvalue weighted by Gasteiger charge is -2.37. The van der Waals surface area contributed by atoms with E-state index >= 15 is 0 Å². The van der Waals surface area contributed by atoms with Crippen molar-refractivity contribution < 1.29 is 39.5 Å². The van der Waals surface area contributed by atoms with Gasteiger partial charge >= 0.3 is 11.9 Å². The van der Waals surface area contributed by atoms with E-state index in [1.807, 2.05) is 19.1 Å². The van der Waals surface area contributed by atoms with Crippen molar-refractivity contribution >= 4 is 11.9 Å². The number of esters is 1. The molecule has 6 atom stereocenters. The van der Waals surface area contributed by atoms with Crippen LogP contribution in [0.25, 0.3) is 0 Å². The lowest BCUT2D eigenvalue weighted by Crippen LogP contribution is -2.50. The molecule has 1 aliphatic heterocycles. The van der Waals surface area contributed by atoms with Gasteiger partial charge in [-0.25, -0.2) is 4.79 Å². The maximum atomic E-state index is 12.0. The number of aliphatic carboxylic acids is 1. The SMILES string of the molecule is CC(=CC(=O)OCCCCCCCCC(=O)O)CC1OCC(CC=CC(C)C(C)O)C(O)C1O. The predicted octanol–water partition coefficient (Wildman–Crippen LogP) is 3.38. The average Bonchev–Trinajstić information content (AvgIpc) is 2.76. The van der Waals surface area contributed by atoms with E-state index in [9.17, 15) is 24.9 Å². The van der Waals surface area contributed by atoms with Crippen molar-refractivity contribution in [2.45, 2.75) is 103 Å². The number of unbranched alkanes of at least 4 members (excludes halogenated alkanes) is 5. The molecule has 0 aromatic carbocycles. The lowest BCUT2D eigenvalue weighted by atomic mass is 9.87. The quantitative estimate of drug-likeness (QED) is 0.113. The van der Waals surface area contributed by atoms with Crippen LogP contribution in [0.4, 0.5) is 0 Å². The Hall–Kier alpha value is -1.74. The van der Waals surface area contributed by atoms with Crippen molar-refractivity contribution in [2.75, 3.05) is 13.2 Å². The molecule has 0 spiro atoms. The molecule has 0 aliphatic carbocycles. The maximum Gasteiger partial charge on any atom is 0.330 e. The third-order valence-corrected chi connectivity index (χ3v) is 6.29. The van der Waals surface area contributed by atoms with Crippen LogP contribution in [0.3, 0.4) is 0 Å². The average molecular weight is 485 g/mol. The number of carboxylic acids is 1. The first-order valence-electron chi connectivity index (χ1n) is 12.5. The molecule has 0 radical (unpaired) electrons. The van der Waals surface area contributed by atoms with Crippen LogP contribution in [0.5, 0.6) is 0 Å². The summed E-state index contributed by atoms with van der Waals surface area (Å²) in [5.74, 6) is -1.40. The van der Waals surface area contributed by atoms with Gasteiger partial charge in [-0.05, 0) is 45.4 Å². The Kier molecular flexibility index (Phi) is 15.0. The highest BCUT2D eigenvalue weighted by Gasteiger charge is 2.37. The Morgan fingerprint density at radius 2 is 1.71 bits per heavy atom. The van der Waals surface area contributed by atoms with Gasteiger partial charge in [0.2, 0.25) is 0 Å². The van der Waals surface area contributed by atoms with Gasteiger partial charge in [0.15, 0.2) is 0 Å². The summed E-state index contributed by atoms with van der Waals surface area (Å²) in [5, 5.41) is 39.1. The molecule has 1 heterocycles. The van der Waals surface area contributed by atoms with E-state index in [-0.39, 0.29) is 18.3 Å². The van der Waals surface area contributed by atoms with Crippen molar-refractivity contribution in [2.24, 2.45) is 11.8 Å². The van der Waals surface area contributed by atoms with E-state index in [2.05, 4.69) is 0 Å². The summed E-state index contributed by atoms with van der Waals surface area (Å²) in [6, 6.07) is 0. The second kappa shape index (κ2) is 16.8. The summed E-state index contributed by atoms with van der Waals surface area (Å²) in [6.07, 6.45) is 8.56. The van der Waals surface area contributed by atoms with Crippen molar-refractivity contribution in [3.63, 3.8) is 0 Å². The number of hydrogen-bond acceptors (Lipinski definition) is 7. The third kappa shape index (κ3) is 12.6. The van der Waals surface area contributed by atoms with Gasteiger partial charge in [-0.1, -0.05) is 50.3 Å². The molecule has 0 bridgehead atoms. The molecule has 34 heavy (non-hydrogen) atoms. The molecule has 0 saturated carbocycles. The minimum atomic E-state index is -1.05. The Bertz CT molecular complexity index is 657. The van der Waals surface area contributed by atoms with Gasteiger partial charge in [0, 0.05) is 18.4 Å². The van der Waals surface area contributed by atoms with Crippen LogP contribution in [-0.4, -0.2) is 70.0 Å². The molecule has 0 aromatic heterocycles. The van der Waals surface area contributed by atoms with Crippen molar-refractivity contribution in [3.8, 4) is 0 Å². The molecule has 1 saturated heterocycles.